The van der Waals surface area contributed by atoms with Gasteiger partial charge in [0, 0.05) is 17.8 Å². The van der Waals surface area contributed by atoms with E-state index in [9.17, 15) is 9.90 Å². The van der Waals surface area contributed by atoms with Crippen LogP contribution in [-0.2, 0) is 4.79 Å². The summed E-state index contributed by atoms with van der Waals surface area (Å²) in [7, 11) is 0. The number of aliphatic hydroxyl groups excluding tert-OH is 1. The van der Waals surface area contributed by atoms with Gasteiger partial charge in [-0.05, 0) is 19.3 Å². The molecule has 0 aromatic rings. The van der Waals surface area contributed by atoms with Gasteiger partial charge in [-0.25, -0.2) is 0 Å². The number of allylic oxidation sites excluding steroid dienone is 1. The monoisotopic (exact) mass is 240 g/mol. The van der Waals surface area contributed by atoms with Crippen molar-refractivity contribution < 1.29 is 9.90 Å². The van der Waals surface area contributed by atoms with Crippen molar-refractivity contribution in [2.24, 2.45) is 17.3 Å². The fraction of sp³-hybridized carbons (Fsp3) is 0.800. The van der Waals surface area contributed by atoms with E-state index in [1.807, 2.05) is 53.7 Å². The number of carbonyl (C=O) groups is 1. The molecule has 0 radical (unpaired) electrons. The Morgan fingerprint density at radius 3 is 2.29 bits per heavy atom. The Morgan fingerprint density at radius 1 is 1.35 bits per heavy atom. The van der Waals surface area contributed by atoms with Gasteiger partial charge in [0.2, 0.25) is 0 Å². The van der Waals surface area contributed by atoms with Crippen LogP contribution in [-0.4, -0.2) is 17.0 Å². The van der Waals surface area contributed by atoms with Gasteiger partial charge in [0.1, 0.15) is 5.78 Å². The molecule has 0 rings (SSSR count). The molecule has 0 bridgehead atoms. The minimum absolute atomic E-state index is 0.0473. The third kappa shape index (κ3) is 5.03. The second-order valence-electron chi connectivity index (χ2n) is 5.70. The summed E-state index contributed by atoms with van der Waals surface area (Å²) in [5.41, 5.74) is -0.233. The van der Waals surface area contributed by atoms with Crippen LogP contribution in [0.15, 0.2) is 12.2 Å². The van der Waals surface area contributed by atoms with Crippen LogP contribution in [0.3, 0.4) is 0 Å². The third-order valence-corrected chi connectivity index (χ3v) is 3.52. The second kappa shape index (κ2) is 6.95. The number of ketones is 1. The summed E-state index contributed by atoms with van der Waals surface area (Å²) in [6.07, 6.45) is 4.93. The largest absolute Gasteiger partial charge is 0.392 e. The Labute approximate surface area is 106 Å². The lowest BCUT2D eigenvalue weighted by atomic mass is 9.76. The summed E-state index contributed by atoms with van der Waals surface area (Å²) >= 11 is 0. The van der Waals surface area contributed by atoms with Crippen molar-refractivity contribution in [1.82, 2.24) is 0 Å². The van der Waals surface area contributed by atoms with E-state index in [-0.39, 0.29) is 23.0 Å². The van der Waals surface area contributed by atoms with Crippen molar-refractivity contribution in [3.63, 3.8) is 0 Å². The van der Waals surface area contributed by atoms with Gasteiger partial charge >= 0.3 is 0 Å². The summed E-state index contributed by atoms with van der Waals surface area (Å²) in [4.78, 5) is 11.5. The predicted molar refractivity (Wildman–Crippen MR) is 72.8 cm³/mol. The molecule has 100 valence electrons. The molecule has 0 amide bonds. The zero-order valence-electron chi connectivity index (χ0n) is 12.2. The molecule has 3 unspecified atom stereocenters. The van der Waals surface area contributed by atoms with Gasteiger partial charge in [-0.1, -0.05) is 46.8 Å². The van der Waals surface area contributed by atoms with Crippen LogP contribution in [0, 0.1) is 17.3 Å². The van der Waals surface area contributed by atoms with E-state index in [1.165, 1.54) is 0 Å². The molecule has 2 nitrogen and oxygen atoms in total. The summed E-state index contributed by atoms with van der Waals surface area (Å²) in [6.45, 7) is 11.9. The van der Waals surface area contributed by atoms with E-state index in [2.05, 4.69) is 0 Å². The number of hydrogen-bond donors (Lipinski definition) is 1. The zero-order chi connectivity index (χ0) is 13.6. The first-order chi connectivity index (χ1) is 7.76. The minimum atomic E-state index is -0.411. The molecular formula is C15H28O2. The molecule has 0 saturated carbocycles. The molecule has 0 aromatic heterocycles. The Hall–Kier alpha value is -0.630. The lowest BCUT2D eigenvalue weighted by Gasteiger charge is -2.33. The minimum Gasteiger partial charge on any atom is -0.392 e. The van der Waals surface area contributed by atoms with E-state index in [4.69, 9.17) is 0 Å². The van der Waals surface area contributed by atoms with Crippen LogP contribution in [0.4, 0.5) is 0 Å². The first-order valence-electron chi connectivity index (χ1n) is 6.60. The van der Waals surface area contributed by atoms with Crippen LogP contribution in [0.1, 0.15) is 54.4 Å². The van der Waals surface area contributed by atoms with Crippen LogP contribution in [0.25, 0.3) is 0 Å². The van der Waals surface area contributed by atoms with Crippen molar-refractivity contribution in [3.8, 4) is 0 Å². The first kappa shape index (κ1) is 16.4. The van der Waals surface area contributed by atoms with Gasteiger partial charge in [-0.3, -0.25) is 4.79 Å². The summed E-state index contributed by atoms with van der Waals surface area (Å²) < 4.78 is 0. The summed E-state index contributed by atoms with van der Waals surface area (Å²) in [5, 5.41) is 10.3. The second-order valence-corrected chi connectivity index (χ2v) is 5.70. The van der Waals surface area contributed by atoms with Gasteiger partial charge in [-0.2, -0.15) is 0 Å². The van der Waals surface area contributed by atoms with Crippen molar-refractivity contribution in [2.45, 2.75) is 60.5 Å². The quantitative estimate of drug-likeness (QED) is 0.690. The van der Waals surface area contributed by atoms with E-state index < -0.39 is 6.10 Å². The number of Topliss-reactive ketones (excluding diaryl/α,β-unsaturated/α-hetero) is 1. The van der Waals surface area contributed by atoms with E-state index in [0.29, 0.717) is 6.42 Å². The topological polar surface area (TPSA) is 37.3 Å². The Balaban J connectivity index is 4.51. The number of rotatable bonds is 7. The molecule has 0 aromatic carbocycles. The normalized spacial score (nSPS) is 18.1. The smallest absolute Gasteiger partial charge is 0.135 e. The first-order valence-corrected chi connectivity index (χ1v) is 6.60. The van der Waals surface area contributed by atoms with Gasteiger partial charge in [0.15, 0.2) is 0 Å². The average Bonchev–Trinajstić information content (AvgIpc) is 2.26. The molecule has 1 N–H and O–H groups in total. The van der Waals surface area contributed by atoms with Gasteiger partial charge < -0.3 is 5.11 Å². The van der Waals surface area contributed by atoms with Crippen molar-refractivity contribution in [1.29, 1.82) is 0 Å². The number of carbonyl (C=O) groups excluding carboxylic acids is 1. The maximum absolute atomic E-state index is 11.5. The zero-order valence-corrected chi connectivity index (χ0v) is 12.2. The molecule has 0 aliphatic rings. The molecule has 0 aliphatic carbocycles. The highest BCUT2D eigenvalue weighted by Gasteiger charge is 2.31. The SMILES string of the molecule is CC=CC(C)(C)C(O)C(C)CC(C)C(=O)CC. The van der Waals surface area contributed by atoms with Crippen LogP contribution in [0.2, 0.25) is 0 Å². The van der Waals surface area contributed by atoms with Crippen LogP contribution >= 0.6 is 0 Å². The maximum atomic E-state index is 11.5. The van der Waals surface area contributed by atoms with Crippen molar-refractivity contribution in [3.05, 3.63) is 12.2 Å². The molecule has 3 atom stereocenters. The maximum Gasteiger partial charge on any atom is 0.135 e. The third-order valence-electron chi connectivity index (χ3n) is 3.52. The van der Waals surface area contributed by atoms with E-state index >= 15 is 0 Å². The van der Waals surface area contributed by atoms with Crippen molar-refractivity contribution in [2.75, 3.05) is 0 Å². The summed E-state index contributed by atoms with van der Waals surface area (Å²) in [5.74, 6) is 0.464. The molecule has 0 saturated heterocycles. The van der Waals surface area contributed by atoms with Crippen molar-refractivity contribution >= 4 is 5.78 Å². The van der Waals surface area contributed by atoms with E-state index in [0.717, 1.165) is 6.42 Å². The Kier molecular flexibility index (Phi) is 6.69. The molecule has 0 heterocycles. The Bertz CT molecular complexity index is 266. The molecule has 0 fully saturated rings. The fourth-order valence-corrected chi connectivity index (χ4v) is 2.43. The average molecular weight is 240 g/mol. The van der Waals surface area contributed by atoms with E-state index in [1.54, 1.807) is 0 Å². The highest BCUT2D eigenvalue weighted by molar-refractivity contribution is 5.80. The lowest BCUT2D eigenvalue weighted by molar-refractivity contribution is -0.123. The highest BCUT2D eigenvalue weighted by Crippen LogP contribution is 2.31. The van der Waals surface area contributed by atoms with Crippen LogP contribution in [0.5, 0.6) is 0 Å². The van der Waals surface area contributed by atoms with Gasteiger partial charge in [0.25, 0.3) is 0 Å². The molecule has 0 aliphatic heterocycles. The van der Waals surface area contributed by atoms with Gasteiger partial charge in [0.05, 0.1) is 6.10 Å². The fourth-order valence-electron chi connectivity index (χ4n) is 2.43. The summed E-state index contributed by atoms with van der Waals surface area (Å²) in [6, 6.07) is 0. The lowest BCUT2D eigenvalue weighted by Crippen LogP contribution is -2.34. The number of aliphatic hydroxyl groups is 1. The predicted octanol–water partition coefficient (Wildman–Crippen LogP) is 3.59. The standard InChI is InChI=1S/C15H28O2/c1-7-9-15(5,6)14(17)12(4)10-11(3)13(16)8-2/h7,9,11-12,14,17H,8,10H2,1-6H3. The molecule has 17 heavy (non-hydrogen) atoms. The van der Waals surface area contributed by atoms with Gasteiger partial charge in [-0.15, -0.1) is 0 Å². The van der Waals surface area contributed by atoms with Crippen LogP contribution < -0.4 is 0 Å². The molecule has 2 heteroatoms. The Morgan fingerprint density at radius 2 is 1.88 bits per heavy atom. The molecular weight excluding hydrogens is 212 g/mol. The molecule has 0 spiro atoms. The highest BCUT2D eigenvalue weighted by atomic mass is 16.3. The number of hydrogen-bond acceptors (Lipinski definition) is 2.